The van der Waals surface area contributed by atoms with Crippen LogP contribution < -0.4 is 10.6 Å². The summed E-state index contributed by atoms with van der Waals surface area (Å²) in [6.45, 7) is 8.11. The Morgan fingerprint density at radius 2 is 2.26 bits per heavy atom. The molecule has 4 heteroatoms. The highest BCUT2D eigenvalue weighted by Gasteiger charge is 2.25. The van der Waals surface area contributed by atoms with E-state index in [9.17, 15) is 0 Å². The molecule has 1 aliphatic rings. The van der Waals surface area contributed by atoms with Crippen molar-refractivity contribution in [1.29, 1.82) is 0 Å². The van der Waals surface area contributed by atoms with Crippen LogP contribution in [0.2, 0.25) is 0 Å². The Morgan fingerprint density at radius 3 is 2.84 bits per heavy atom. The first-order valence-electron chi connectivity index (χ1n) is 6.81. The highest BCUT2D eigenvalue weighted by molar-refractivity contribution is 7.80. The van der Waals surface area contributed by atoms with Crippen LogP contribution in [0.1, 0.15) is 31.4 Å². The molecular weight excluding hydrogens is 256 g/mol. The van der Waals surface area contributed by atoms with Gasteiger partial charge in [-0.25, -0.2) is 0 Å². The number of rotatable bonds is 3. The molecule has 0 spiro atoms. The van der Waals surface area contributed by atoms with E-state index < -0.39 is 0 Å². The maximum atomic E-state index is 5.74. The number of nitrogens with two attached hydrogens (primary N) is 1. The minimum Gasteiger partial charge on any atom is -0.389 e. The number of anilines is 1. The van der Waals surface area contributed by atoms with Crippen molar-refractivity contribution in [2.24, 2.45) is 5.73 Å². The Kier molecular flexibility index (Phi) is 4.42. The number of benzene rings is 1. The van der Waals surface area contributed by atoms with E-state index in [2.05, 4.69) is 37.8 Å². The van der Waals surface area contributed by atoms with Gasteiger partial charge in [0.1, 0.15) is 4.99 Å². The molecule has 2 N–H and O–H groups in total. The number of ether oxygens (including phenoxy) is 1. The first-order chi connectivity index (χ1) is 9.02. The molecular formula is C15H22N2OS. The van der Waals surface area contributed by atoms with Gasteiger partial charge in [-0.05, 0) is 44.0 Å². The van der Waals surface area contributed by atoms with Crippen LogP contribution >= 0.6 is 12.2 Å². The quantitative estimate of drug-likeness (QED) is 0.863. The van der Waals surface area contributed by atoms with Gasteiger partial charge in [0.2, 0.25) is 0 Å². The third-order valence-electron chi connectivity index (χ3n) is 3.75. The molecule has 0 radical (unpaired) electrons. The number of hydrogen-bond acceptors (Lipinski definition) is 3. The maximum absolute atomic E-state index is 5.74. The highest BCUT2D eigenvalue weighted by Crippen LogP contribution is 2.25. The van der Waals surface area contributed by atoms with Crippen molar-refractivity contribution in [1.82, 2.24) is 0 Å². The summed E-state index contributed by atoms with van der Waals surface area (Å²) in [7, 11) is 0. The predicted octanol–water partition coefficient (Wildman–Crippen LogP) is 2.63. The van der Waals surface area contributed by atoms with E-state index in [1.165, 1.54) is 5.69 Å². The van der Waals surface area contributed by atoms with Crippen LogP contribution in [0.3, 0.4) is 0 Å². The van der Waals surface area contributed by atoms with Gasteiger partial charge >= 0.3 is 0 Å². The Bertz CT molecular complexity index is 475. The fraction of sp³-hybridized carbons (Fsp3) is 0.533. The third kappa shape index (κ3) is 3.07. The van der Waals surface area contributed by atoms with E-state index in [1.54, 1.807) is 0 Å². The summed E-state index contributed by atoms with van der Waals surface area (Å²) in [5.74, 6) is 0. The van der Waals surface area contributed by atoms with E-state index in [0.29, 0.717) is 11.0 Å². The molecule has 1 aromatic carbocycles. The van der Waals surface area contributed by atoms with Crippen molar-refractivity contribution in [2.75, 3.05) is 18.1 Å². The van der Waals surface area contributed by atoms with Crippen molar-refractivity contribution in [3.63, 3.8) is 0 Å². The van der Waals surface area contributed by atoms with Gasteiger partial charge in [0.25, 0.3) is 0 Å². The monoisotopic (exact) mass is 278 g/mol. The second-order valence-electron chi connectivity index (χ2n) is 5.22. The Hall–Kier alpha value is -1.13. The number of aryl methyl sites for hydroxylation is 1. The van der Waals surface area contributed by atoms with Crippen LogP contribution in [0, 0.1) is 6.92 Å². The number of nitrogens with zero attached hydrogens (tertiary/aromatic N) is 1. The average Bonchev–Trinajstić information content (AvgIpc) is 2.38. The zero-order chi connectivity index (χ0) is 14.0. The Balaban J connectivity index is 2.29. The smallest absolute Gasteiger partial charge is 0.104 e. The lowest BCUT2D eigenvalue weighted by molar-refractivity contribution is 0.0299. The van der Waals surface area contributed by atoms with Gasteiger partial charge < -0.3 is 15.4 Å². The summed E-state index contributed by atoms with van der Waals surface area (Å²) >= 11 is 5.06. The van der Waals surface area contributed by atoms with E-state index in [1.807, 2.05) is 6.07 Å². The number of thiocarbonyl (C=S) groups is 1. The summed E-state index contributed by atoms with van der Waals surface area (Å²) in [6.07, 6.45) is 1.36. The molecule has 0 aromatic heterocycles. The Labute approximate surface area is 120 Å². The molecule has 2 unspecified atom stereocenters. The molecule has 0 bridgehead atoms. The molecule has 19 heavy (non-hydrogen) atoms. The minimum atomic E-state index is 0.276. The van der Waals surface area contributed by atoms with Gasteiger partial charge in [0.05, 0.1) is 18.8 Å². The topological polar surface area (TPSA) is 38.5 Å². The van der Waals surface area contributed by atoms with Crippen LogP contribution in [-0.4, -0.2) is 30.3 Å². The number of hydrogen-bond donors (Lipinski definition) is 1. The van der Waals surface area contributed by atoms with Gasteiger partial charge in [-0.3, -0.25) is 0 Å². The van der Waals surface area contributed by atoms with Gasteiger partial charge in [-0.15, -0.1) is 0 Å². The fourth-order valence-electron chi connectivity index (χ4n) is 2.60. The molecule has 1 fully saturated rings. The van der Waals surface area contributed by atoms with Crippen molar-refractivity contribution < 1.29 is 4.74 Å². The van der Waals surface area contributed by atoms with Crippen molar-refractivity contribution in [3.05, 3.63) is 29.3 Å². The molecule has 104 valence electrons. The normalized spacial score (nSPS) is 23.4. The molecule has 0 aliphatic carbocycles. The first-order valence-corrected chi connectivity index (χ1v) is 7.22. The van der Waals surface area contributed by atoms with Crippen LogP contribution in [0.4, 0.5) is 5.69 Å². The van der Waals surface area contributed by atoms with Crippen molar-refractivity contribution in [2.45, 2.75) is 39.3 Å². The Morgan fingerprint density at radius 1 is 1.53 bits per heavy atom. The standard InChI is InChI=1S/C15H22N2OS/c1-4-12-9-18-11(3)8-17(12)13-5-6-14(15(16)19)10(2)7-13/h5-7,11-12H,4,8-9H2,1-3H3,(H2,16,19). The summed E-state index contributed by atoms with van der Waals surface area (Å²) in [4.78, 5) is 2.90. The van der Waals surface area contributed by atoms with Crippen LogP contribution in [0.15, 0.2) is 18.2 Å². The van der Waals surface area contributed by atoms with Gasteiger partial charge in [0.15, 0.2) is 0 Å². The molecule has 1 heterocycles. The van der Waals surface area contributed by atoms with E-state index in [-0.39, 0.29) is 6.10 Å². The lowest BCUT2D eigenvalue weighted by atomic mass is 10.0. The third-order valence-corrected chi connectivity index (χ3v) is 3.97. The van der Waals surface area contributed by atoms with Gasteiger partial charge in [-0.1, -0.05) is 19.1 Å². The molecule has 2 rings (SSSR count). The second-order valence-corrected chi connectivity index (χ2v) is 5.66. The zero-order valence-electron chi connectivity index (χ0n) is 11.8. The van der Waals surface area contributed by atoms with Crippen LogP contribution in [0.25, 0.3) is 0 Å². The number of morpholine rings is 1. The van der Waals surface area contributed by atoms with Crippen molar-refractivity contribution >= 4 is 22.9 Å². The van der Waals surface area contributed by atoms with Crippen molar-refractivity contribution in [3.8, 4) is 0 Å². The molecule has 1 saturated heterocycles. The largest absolute Gasteiger partial charge is 0.389 e. The predicted molar refractivity (Wildman–Crippen MR) is 83.9 cm³/mol. The first kappa shape index (κ1) is 14.3. The van der Waals surface area contributed by atoms with E-state index in [4.69, 9.17) is 22.7 Å². The summed E-state index contributed by atoms with van der Waals surface area (Å²) < 4.78 is 5.74. The summed E-state index contributed by atoms with van der Waals surface area (Å²) in [6, 6.07) is 6.77. The average molecular weight is 278 g/mol. The van der Waals surface area contributed by atoms with Gasteiger partial charge in [0, 0.05) is 17.8 Å². The highest BCUT2D eigenvalue weighted by atomic mass is 32.1. The SMILES string of the molecule is CCC1COC(C)CN1c1ccc(C(N)=S)c(C)c1. The summed E-state index contributed by atoms with van der Waals surface area (Å²) in [5, 5.41) is 0. The maximum Gasteiger partial charge on any atom is 0.104 e. The molecule has 0 amide bonds. The summed E-state index contributed by atoms with van der Waals surface area (Å²) in [5.41, 5.74) is 9.06. The van der Waals surface area contributed by atoms with Crippen LogP contribution in [-0.2, 0) is 4.74 Å². The second kappa shape index (κ2) is 5.88. The molecule has 0 saturated carbocycles. The van der Waals surface area contributed by atoms with Crippen LogP contribution in [0.5, 0.6) is 0 Å². The lowest BCUT2D eigenvalue weighted by Crippen LogP contribution is -2.48. The zero-order valence-corrected chi connectivity index (χ0v) is 12.7. The lowest BCUT2D eigenvalue weighted by Gasteiger charge is -2.40. The van der Waals surface area contributed by atoms with E-state index in [0.717, 1.165) is 30.7 Å². The molecule has 2 atom stereocenters. The molecule has 1 aromatic rings. The molecule has 3 nitrogen and oxygen atoms in total. The van der Waals surface area contributed by atoms with Gasteiger partial charge in [-0.2, -0.15) is 0 Å². The molecule has 1 aliphatic heterocycles. The fourth-order valence-corrected chi connectivity index (χ4v) is 2.83. The van der Waals surface area contributed by atoms with E-state index >= 15 is 0 Å². The minimum absolute atomic E-state index is 0.276.